The highest BCUT2D eigenvalue weighted by molar-refractivity contribution is 5.76. The second-order valence-corrected chi connectivity index (χ2v) is 5.55. The number of methoxy groups -OCH3 is 1. The normalized spacial score (nSPS) is 15.8. The van der Waals surface area contributed by atoms with E-state index in [-0.39, 0.29) is 17.5 Å². The Hall–Kier alpha value is -1.58. The Morgan fingerprint density at radius 1 is 1.50 bits per heavy atom. The molecule has 1 aromatic carbocycles. The summed E-state index contributed by atoms with van der Waals surface area (Å²) >= 11 is 0. The van der Waals surface area contributed by atoms with Crippen molar-refractivity contribution in [3.05, 3.63) is 29.6 Å². The van der Waals surface area contributed by atoms with E-state index < -0.39 is 0 Å². The molecular formula is C16H22FNO2. The summed E-state index contributed by atoms with van der Waals surface area (Å²) in [5.41, 5.74) is 0.823. The molecule has 1 amide bonds. The summed E-state index contributed by atoms with van der Waals surface area (Å²) in [5.74, 6) is 0.653. The molecule has 0 spiro atoms. The third kappa shape index (κ3) is 3.50. The van der Waals surface area contributed by atoms with Crippen molar-refractivity contribution in [1.82, 2.24) is 4.90 Å². The first-order valence-electron chi connectivity index (χ1n) is 7.11. The number of nitrogens with zero attached hydrogens (tertiary/aromatic N) is 1. The smallest absolute Gasteiger partial charge is 0.222 e. The van der Waals surface area contributed by atoms with Crippen LogP contribution in [0.3, 0.4) is 0 Å². The third-order valence-electron chi connectivity index (χ3n) is 4.15. The first kappa shape index (κ1) is 14.8. The quantitative estimate of drug-likeness (QED) is 0.801. The Morgan fingerprint density at radius 2 is 2.20 bits per heavy atom. The van der Waals surface area contributed by atoms with Crippen LogP contribution in [0.5, 0.6) is 5.75 Å². The summed E-state index contributed by atoms with van der Waals surface area (Å²) < 4.78 is 18.4. The molecule has 1 unspecified atom stereocenters. The van der Waals surface area contributed by atoms with Gasteiger partial charge in [0.1, 0.15) is 0 Å². The van der Waals surface area contributed by atoms with Gasteiger partial charge in [-0.15, -0.1) is 0 Å². The monoisotopic (exact) mass is 279 g/mol. The van der Waals surface area contributed by atoms with Crippen LogP contribution in [0.2, 0.25) is 0 Å². The molecule has 1 aliphatic carbocycles. The molecule has 1 saturated carbocycles. The average Bonchev–Trinajstić information content (AvgIpc) is 3.27. The largest absolute Gasteiger partial charge is 0.494 e. The van der Waals surface area contributed by atoms with Crippen LogP contribution >= 0.6 is 0 Å². The van der Waals surface area contributed by atoms with Crippen LogP contribution in [0.15, 0.2) is 18.2 Å². The van der Waals surface area contributed by atoms with E-state index in [0.29, 0.717) is 24.8 Å². The standard InChI is InChI=1S/C16H22FNO2/c1-11(13-6-7-13)18(2)16(19)9-5-12-4-8-15(20-3)14(17)10-12/h4,8,10-11,13H,5-7,9H2,1-3H3. The minimum absolute atomic E-state index is 0.126. The number of aryl methyl sites for hydroxylation is 1. The number of ether oxygens (including phenoxy) is 1. The van der Waals surface area contributed by atoms with Gasteiger partial charge in [0.2, 0.25) is 5.91 Å². The van der Waals surface area contributed by atoms with Crippen molar-refractivity contribution in [1.29, 1.82) is 0 Å². The number of halogens is 1. The van der Waals surface area contributed by atoms with E-state index in [1.54, 1.807) is 12.1 Å². The number of benzene rings is 1. The Labute approximate surface area is 119 Å². The fourth-order valence-electron chi connectivity index (χ4n) is 2.41. The minimum Gasteiger partial charge on any atom is -0.494 e. The van der Waals surface area contributed by atoms with Crippen molar-refractivity contribution in [2.24, 2.45) is 5.92 Å². The molecule has 0 bridgehead atoms. The highest BCUT2D eigenvalue weighted by atomic mass is 19.1. The van der Waals surface area contributed by atoms with Gasteiger partial charge < -0.3 is 9.64 Å². The number of carbonyl (C=O) groups excluding carboxylic acids is 1. The minimum atomic E-state index is -0.378. The van der Waals surface area contributed by atoms with Gasteiger partial charge in [-0.05, 0) is 49.8 Å². The fourth-order valence-corrected chi connectivity index (χ4v) is 2.41. The second-order valence-electron chi connectivity index (χ2n) is 5.55. The second kappa shape index (κ2) is 6.25. The molecule has 1 fully saturated rings. The highest BCUT2D eigenvalue weighted by Crippen LogP contribution is 2.34. The SMILES string of the molecule is COc1ccc(CCC(=O)N(C)C(C)C2CC2)cc1F. The van der Waals surface area contributed by atoms with Crippen LogP contribution in [0.4, 0.5) is 4.39 Å². The molecule has 0 saturated heterocycles. The maximum Gasteiger partial charge on any atom is 0.222 e. The molecule has 4 heteroatoms. The van der Waals surface area contributed by atoms with Gasteiger partial charge in [-0.25, -0.2) is 4.39 Å². The molecule has 0 aliphatic heterocycles. The van der Waals surface area contributed by atoms with Gasteiger partial charge in [0, 0.05) is 19.5 Å². The first-order chi connectivity index (χ1) is 9.52. The van der Waals surface area contributed by atoms with Crippen LogP contribution in [0.1, 0.15) is 31.7 Å². The van der Waals surface area contributed by atoms with Crippen LogP contribution in [0, 0.1) is 11.7 Å². The lowest BCUT2D eigenvalue weighted by atomic mass is 10.1. The van der Waals surface area contributed by atoms with Crippen LogP contribution in [-0.4, -0.2) is 31.0 Å². The van der Waals surface area contributed by atoms with Gasteiger partial charge >= 0.3 is 0 Å². The van der Waals surface area contributed by atoms with Crippen molar-refractivity contribution < 1.29 is 13.9 Å². The van der Waals surface area contributed by atoms with Crippen molar-refractivity contribution in [3.8, 4) is 5.75 Å². The average molecular weight is 279 g/mol. The van der Waals surface area contributed by atoms with E-state index in [9.17, 15) is 9.18 Å². The van der Waals surface area contributed by atoms with Crippen LogP contribution < -0.4 is 4.74 Å². The number of carbonyl (C=O) groups is 1. The van der Waals surface area contributed by atoms with Crippen molar-refractivity contribution in [2.75, 3.05) is 14.2 Å². The summed E-state index contributed by atoms with van der Waals surface area (Å²) in [6, 6.07) is 5.16. The molecule has 110 valence electrons. The lowest BCUT2D eigenvalue weighted by Gasteiger charge is -2.25. The number of rotatable bonds is 6. The van der Waals surface area contributed by atoms with Crippen LogP contribution in [-0.2, 0) is 11.2 Å². The maximum atomic E-state index is 13.6. The molecule has 1 atom stereocenters. The Bertz CT molecular complexity index is 485. The molecule has 2 rings (SSSR count). The summed E-state index contributed by atoms with van der Waals surface area (Å²) in [6.07, 6.45) is 3.42. The molecule has 0 heterocycles. The van der Waals surface area contributed by atoms with Gasteiger partial charge in [0.05, 0.1) is 7.11 Å². The number of amides is 1. The summed E-state index contributed by atoms with van der Waals surface area (Å²) in [6.45, 7) is 2.10. The Morgan fingerprint density at radius 3 is 2.75 bits per heavy atom. The van der Waals surface area contributed by atoms with Crippen molar-refractivity contribution >= 4 is 5.91 Å². The lowest BCUT2D eigenvalue weighted by molar-refractivity contribution is -0.132. The van der Waals surface area contributed by atoms with E-state index >= 15 is 0 Å². The highest BCUT2D eigenvalue weighted by Gasteiger charge is 2.32. The van der Waals surface area contributed by atoms with Gasteiger partial charge in [0.25, 0.3) is 0 Å². The van der Waals surface area contributed by atoms with E-state index in [1.807, 2.05) is 11.9 Å². The number of hydrogen-bond donors (Lipinski definition) is 0. The van der Waals surface area contributed by atoms with Gasteiger partial charge in [-0.1, -0.05) is 6.07 Å². The molecule has 3 nitrogen and oxygen atoms in total. The zero-order chi connectivity index (χ0) is 14.7. The third-order valence-corrected chi connectivity index (χ3v) is 4.15. The molecule has 1 aromatic rings. The molecule has 1 aliphatic rings. The zero-order valence-electron chi connectivity index (χ0n) is 12.4. The predicted octanol–water partition coefficient (Wildman–Crippen LogP) is 3.02. The van der Waals surface area contributed by atoms with E-state index in [2.05, 4.69) is 6.92 Å². The van der Waals surface area contributed by atoms with Crippen molar-refractivity contribution in [3.63, 3.8) is 0 Å². The summed E-state index contributed by atoms with van der Waals surface area (Å²) in [4.78, 5) is 13.9. The lowest BCUT2D eigenvalue weighted by Crippen LogP contribution is -2.36. The van der Waals surface area contributed by atoms with E-state index in [1.165, 1.54) is 26.0 Å². The topological polar surface area (TPSA) is 29.5 Å². The molecular weight excluding hydrogens is 257 g/mol. The summed E-state index contributed by atoms with van der Waals surface area (Å²) in [7, 11) is 3.30. The number of hydrogen-bond acceptors (Lipinski definition) is 2. The predicted molar refractivity (Wildman–Crippen MR) is 76.2 cm³/mol. The molecule has 0 N–H and O–H groups in total. The molecule has 0 radical (unpaired) electrons. The van der Waals surface area contributed by atoms with Gasteiger partial charge in [0.15, 0.2) is 11.6 Å². The fraction of sp³-hybridized carbons (Fsp3) is 0.562. The van der Waals surface area contributed by atoms with Crippen LogP contribution in [0.25, 0.3) is 0 Å². The Balaban J connectivity index is 1.87. The van der Waals surface area contributed by atoms with E-state index in [4.69, 9.17) is 4.74 Å². The maximum absolute atomic E-state index is 13.6. The molecule has 0 aromatic heterocycles. The van der Waals surface area contributed by atoms with E-state index in [0.717, 1.165) is 5.56 Å². The zero-order valence-corrected chi connectivity index (χ0v) is 12.4. The first-order valence-corrected chi connectivity index (χ1v) is 7.11. The van der Waals surface area contributed by atoms with Crippen molar-refractivity contribution in [2.45, 2.75) is 38.6 Å². The summed E-state index contributed by atoms with van der Waals surface area (Å²) in [5, 5.41) is 0. The Kier molecular flexibility index (Phi) is 4.63. The van der Waals surface area contributed by atoms with Gasteiger partial charge in [-0.3, -0.25) is 4.79 Å². The molecule has 20 heavy (non-hydrogen) atoms. The van der Waals surface area contributed by atoms with Gasteiger partial charge in [-0.2, -0.15) is 0 Å².